The van der Waals surface area contributed by atoms with Crippen molar-refractivity contribution in [1.29, 1.82) is 0 Å². The molecule has 2 saturated heterocycles. The zero-order valence-electron chi connectivity index (χ0n) is 16.3. The summed E-state index contributed by atoms with van der Waals surface area (Å²) in [4.78, 5) is 28.4. The van der Waals surface area contributed by atoms with Crippen LogP contribution < -0.4 is 0 Å². The van der Waals surface area contributed by atoms with Gasteiger partial charge in [-0.25, -0.2) is 12.8 Å². The predicted molar refractivity (Wildman–Crippen MR) is 104 cm³/mol. The van der Waals surface area contributed by atoms with Gasteiger partial charge < -0.3 is 9.80 Å². The van der Waals surface area contributed by atoms with Gasteiger partial charge in [-0.2, -0.15) is 4.31 Å². The molecule has 0 radical (unpaired) electrons. The Kier molecular flexibility index (Phi) is 5.61. The summed E-state index contributed by atoms with van der Waals surface area (Å²) in [6.45, 7) is 1.21. The maximum atomic E-state index is 13.9. The number of nitrogens with zero attached hydrogens (tertiary/aromatic N) is 3. The fourth-order valence-electron chi connectivity index (χ4n) is 4.67. The maximum Gasteiger partial charge on any atom is 0.246 e. The first-order chi connectivity index (χ1) is 13.9. The molecule has 1 aromatic rings. The molecule has 4 rings (SSSR count). The van der Waals surface area contributed by atoms with Crippen molar-refractivity contribution in [3.63, 3.8) is 0 Å². The lowest BCUT2D eigenvalue weighted by Crippen LogP contribution is -2.52. The van der Waals surface area contributed by atoms with Gasteiger partial charge in [-0.3, -0.25) is 9.59 Å². The largest absolute Gasteiger partial charge is 0.340 e. The van der Waals surface area contributed by atoms with Crippen molar-refractivity contribution in [2.24, 2.45) is 5.92 Å². The average Bonchev–Trinajstić information content (AvgIpc) is 3.37. The highest BCUT2D eigenvalue weighted by molar-refractivity contribution is 7.89. The third kappa shape index (κ3) is 3.90. The average molecular weight is 424 g/mol. The van der Waals surface area contributed by atoms with Crippen LogP contribution in [0.25, 0.3) is 0 Å². The smallest absolute Gasteiger partial charge is 0.246 e. The van der Waals surface area contributed by atoms with Gasteiger partial charge in [0.25, 0.3) is 0 Å². The van der Waals surface area contributed by atoms with Crippen molar-refractivity contribution in [2.75, 3.05) is 32.7 Å². The first-order valence-corrected chi connectivity index (χ1v) is 11.6. The highest BCUT2D eigenvalue weighted by Crippen LogP contribution is 2.30. The van der Waals surface area contributed by atoms with Crippen LogP contribution in [-0.4, -0.2) is 73.1 Å². The number of hydrogen-bond donors (Lipinski definition) is 0. The monoisotopic (exact) mass is 423 g/mol. The quantitative estimate of drug-likeness (QED) is 0.734. The second-order valence-corrected chi connectivity index (χ2v) is 9.95. The number of carbonyl (C=O) groups excluding carboxylic acids is 2. The van der Waals surface area contributed by atoms with E-state index in [0.29, 0.717) is 6.54 Å². The Balaban J connectivity index is 1.37. The number of piperazine rings is 1. The van der Waals surface area contributed by atoms with E-state index in [-0.39, 0.29) is 61.3 Å². The van der Waals surface area contributed by atoms with Crippen LogP contribution >= 0.6 is 0 Å². The van der Waals surface area contributed by atoms with Crippen LogP contribution in [0, 0.1) is 11.7 Å². The zero-order chi connectivity index (χ0) is 20.6. The second-order valence-electron chi connectivity index (χ2n) is 8.05. The number of rotatable bonds is 4. The van der Waals surface area contributed by atoms with E-state index in [9.17, 15) is 22.4 Å². The summed E-state index contributed by atoms with van der Waals surface area (Å²) < 4.78 is 40.6. The van der Waals surface area contributed by atoms with Gasteiger partial charge in [-0.05, 0) is 25.0 Å². The molecule has 3 fully saturated rings. The normalized spacial score (nSPS) is 24.4. The topological polar surface area (TPSA) is 78.0 Å². The third-order valence-electron chi connectivity index (χ3n) is 6.28. The van der Waals surface area contributed by atoms with E-state index in [2.05, 4.69) is 0 Å². The lowest BCUT2D eigenvalue weighted by atomic mass is 10.1. The van der Waals surface area contributed by atoms with E-state index in [1.807, 2.05) is 4.90 Å². The maximum absolute atomic E-state index is 13.9. The Morgan fingerprint density at radius 2 is 1.69 bits per heavy atom. The Morgan fingerprint density at radius 1 is 1.03 bits per heavy atom. The minimum atomic E-state index is -3.93. The van der Waals surface area contributed by atoms with E-state index < -0.39 is 15.8 Å². The second kappa shape index (κ2) is 8.02. The van der Waals surface area contributed by atoms with E-state index in [4.69, 9.17) is 0 Å². The zero-order valence-corrected chi connectivity index (χ0v) is 17.1. The van der Waals surface area contributed by atoms with Crippen LogP contribution in [0.2, 0.25) is 0 Å². The highest BCUT2D eigenvalue weighted by Gasteiger charge is 2.41. The molecule has 9 heteroatoms. The van der Waals surface area contributed by atoms with Crippen LogP contribution in [0.4, 0.5) is 4.39 Å². The number of carbonyl (C=O) groups is 2. The van der Waals surface area contributed by atoms with E-state index in [0.717, 1.165) is 31.7 Å². The highest BCUT2D eigenvalue weighted by atomic mass is 32.2. The molecule has 0 bridgehead atoms. The number of halogens is 1. The number of hydrogen-bond acceptors (Lipinski definition) is 4. The minimum Gasteiger partial charge on any atom is -0.340 e. The van der Waals surface area contributed by atoms with Crippen LogP contribution in [0.3, 0.4) is 0 Å². The molecule has 3 aliphatic rings. The number of likely N-dealkylation sites (tertiary alicyclic amines) is 1. The lowest BCUT2D eigenvalue weighted by Gasteiger charge is -2.35. The van der Waals surface area contributed by atoms with Crippen LogP contribution in [0.5, 0.6) is 0 Å². The molecule has 0 spiro atoms. The molecule has 2 amide bonds. The Bertz CT molecular complexity index is 893. The SMILES string of the molecule is O=C([C@H]1CC(=O)N(C2CCCC2)C1)N1CCN(S(=O)(=O)c2ccccc2F)CC1. The molecule has 7 nitrogen and oxygen atoms in total. The van der Waals surface area contributed by atoms with Gasteiger partial charge in [-0.1, -0.05) is 25.0 Å². The van der Waals surface area contributed by atoms with Crippen molar-refractivity contribution >= 4 is 21.8 Å². The van der Waals surface area contributed by atoms with Crippen molar-refractivity contribution < 1.29 is 22.4 Å². The van der Waals surface area contributed by atoms with Crippen molar-refractivity contribution in [3.05, 3.63) is 30.1 Å². The van der Waals surface area contributed by atoms with Crippen LogP contribution in [-0.2, 0) is 19.6 Å². The van der Waals surface area contributed by atoms with Gasteiger partial charge in [0.15, 0.2) is 0 Å². The minimum absolute atomic E-state index is 0.0519. The summed E-state index contributed by atoms with van der Waals surface area (Å²) in [5, 5.41) is 0. The fraction of sp³-hybridized carbons (Fsp3) is 0.600. The van der Waals surface area contributed by atoms with Crippen molar-refractivity contribution in [1.82, 2.24) is 14.1 Å². The molecular formula is C20H26FN3O4S. The molecular weight excluding hydrogens is 397 g/mol. The summed E-state index contributed by atoms with van der Waals surface area (Å²) in [6, 6.07) is 5.58. The van der Waals surface area contributed by atoms with Gasteiger partial charge in [0.05, 0.1) is 5.92 Å². The summed E-state index contributed by atoms with van der Waals surface area (Å²) in [5.74, 6) is -1.15. The van der Waals surface area contributed by atoms with Gasteiger partial charge in [0.1, 0.15) is 10.7 Å². The molecule has 2 aliphatic heterocycles. The van der Waals surface area contributed by atoms with E-state index in [1.54, 1.807) is 4.90 Å². The van der Waals surface area contributed by atoms with Gasteiger partial charge in [0.2, 0.25) is 21.8 Å². The molecule has 158 valence electrons. The number of sulfonamides is 1. The van der Waals surface area contributed by atoms with Crippen LogP contribution in [0.1, 0.15) is 32.1 Å². The van der Waals surface area contributed by atoms with Crippen molar-refractivity contribution in [2.45, 2.75) is 43.0 Å². The third-order valence-corrected chi connectivity index (χ3v) is 8.21. The molecule has 1 saturated carbocycles. The molecule has 1 atom stereocenters. The molecule has 1 aliphatic carbocycles. The molecule has 0 aromatic heterocycles. The van der Waals surface area contributed by atoms with E-state index >= 15 is 0 Å². The Labute approximate surface area is 170 Å². The van der Waals surface area contributed by atoms with E-state index in [1.165, 1.54) is 22.5 Å². The van der Waals surface area contributed by atoms with Crippen LogP contribution in [0.15, 0.2) is 29.2 Å². The standard InChI is InChI=1S/C20H26FN3O4S/c21-17-7-3-4-8-18(17)29(27,28)23-11-9-22(10-12-23)20(26)15-13-19(25)24(14-15)16-5-1-2-6-16/h3-4,7-8,15-16H,1-2,5-6,9-14H2/t15-/m0/s1. The van der Waals surface area contributed by atoms with Gasteiger partial charge in [-0.15, -0.1) is 0 Å². The summed E-state index contributed by atoms with van der Waals surface area (Å²) in [5.41, 5.74) is 0. The Morgan fingerprint density at radius 3 is 2.34 bits per heavy atom. The molecule has 0 unspecified atom stereocenters. The van der Waals surface area contributed by atoms with Gasteiger partial charge in [0, 0.05) is 45.2 Å². The molecule has 2 heterocycles. The lowest BCUT2D eigenvalue weighted by molar-refractivity contribution is -0.137. The fourth-order valence-corrected chi connectivity index (χ4v) is 6.15. The molecule has 29 heavy (non-hydrogen) atoms. The number of benzene rings is 1. The molecule has 0 N–H and O–H groups in total. The summed E-state index contributed by atoms with van der Waals surface area (Å²) in [7, 11) is -3.93. The summed E-state index contributed by atoms with van der Waals surface area (Å²) >= 11 is 0. The Hall–Kier alpha value is -2.00. The van der Waals surface area contributed by atoms with Gasteiger partial charge >= 0.3 is 0 Å². The number of amides is 2. The predicted octanol–water partition coefficient (Wildman–Crippen LogP) is 1.45. The first-order valence-electron chi connectivity index (χ1n) is 10.2. The van der Waals surface area contributed by atoms with Crippen molar-refractivity contribution in [3.8, 4) is 0 Å². The first kappa shape index (κ1) is 20.3. The molecule has 1 aromatic carbocycles. The summed E-state index contributed by atoms with van der Waals surface area (Å²) in [6.07, 6.45) is 4.53.